The van der Waals surface area contributed by atoms with Gasteiger partial charge in [-0.2, -0.15) is 5.26 Å². The summed E-state index contributed by atoms with van der Waals surface area (Å²) in [4.78, 5) is 27.8. The van der Waals surface area contributed by atoms with Crippen LogP contribution in [0.5, 0.6) is 0 Å². The van der Waals surface area contributed by atoms with Gasteiger partial charge in [0.05, 0.1) is 18.2 Å². The molecule has 1 aliphatic rings. The largest absolute Gasteiger partial charge is 0.336 e. The van der Waals surface area contributed by atoms with E-state index in [2.05, 4.69) is 21.6 Å². The molecule has 1 saturated heterocycles. The summed E-state index contributed by atoms with van der Waals surface area (Å²) >= 11 is 0. The average molecular weight is 343 g/mol. The number of nitrogens with zero attached hydrogens (tertiary/aromatic N) is 3. The van der Waals surface area contributed by atoms with Crippen molar-refractivity contribution in [2.24, 2.45) is 0 Å². The lowest BCUT2D eigenvalue weighted by atomic mass is 10.1. The Labute approximate surface area is 148 Å². The summed E-state index contributed by atoms with van der Waals surface area (Å²) in [6.07, 6.45) is 0. The Balaban J connectivity index is 1.71. The highest BCUT2D eigenvalue weighted by Gasteiger charge is 2.20. The first kappa shape index (κ1) is 18.9. The van der Waals surface area contributed by atoms with Crippen molar-refractivity contribution in [2.45, 2.75) is 26.4 Å². The van der Waals surface area contributed by atoms with Gasteiger partial charge in [-0.05, 0) is 31.5 Å². The molecule has 1 aromatic rings. The fourth-order valence-electron chi connectivity index (χ4n) is 2.72. The van der Waals surface area contributed by atoms with E-state index in [0.29, 0.717) is 5.56 Å². The lowest BCUT2D eigenvalue weighted by molar-refractivity contribution is -0.121. The van der Waals surface area contributed by atoms with Crippen LogP contribution in [0.1, 0.15) is 25.0 Å². The van der Waals surface area contributed by atoms with Crippen molar-refractivity contribution >= 4 is 11.9 Å². The van der Waals surface area contributed by atoms with Crippen LogP contribution >= 0.6 is 0 Å². The Morgan fingerprint density at radius 1 is 1.12 bits per heavy atom. The highest BCUT2D eigenvalue weighted by Crippen LogP contribution is 2.09. The third-order valence-electron chi connectivity index (χ3n) is 3.99. The highest BCUT2D eigenvalue weighted by molar-refractivity contribution is 5.95. The molecule has 134 valence electrons. The van der Waals surface area contributed by atoms with Crippen LogP contribution in [-0.2, 0) is 11.3 Å². The number of piperazine rings is 1. The summed E-state index contributed by atoms with van der Waals surface area (Å²) < 4.78 is 0. The molecule has 2 N–H and O–H groups in total. The van der Waals surface area contributed by atoms with Crippen LogP contribution in [0.15, 0.2) is 24.3 Å². The zero-order valence-electron chi connectivity index (χ0n) is 14.8. The summed E-state index contributed by atoms with van der Waals surface area (Å²) in [5.41, 5.74) is 1.84. The second-order valence-electron chi connectivity index (χ2n) is 6.54. The quantitative estimate of drug-likeness (QED) is 0.830. The summed E-state index contributed by atoms with van der Waals surface area (Å²) in [5, 5.41) is 13.8. The molecule has 0 radical (unpaired) electrons. The van der Waals surface area contributed by atoms with Gasteiger partial charge in [0.1, 0.15) is 0 Å². The molecule has 1 aromatic carbocycles. The molecule has 0 bridgehead atoms. The minimum atomic E-state index is -0.445. The van der Waals surface area contributed by atoms with Crippen molar-refractivity contribution in [1.82, 2.24) is 20.4 Å². The van der Waals surface area contributed by atoms with Crippen LogP contribution in [0, 0.1) is 11.3 Å². The van der Waals surface area contributed by atoms with Crippen molar-refractivity contribution in [3.8, 4) is 6.07 Å². The molecule has 3 amide bonds. The molecule has 0 aromatic heterocycles. The van der Waals surface area contributed by atoms with E-state index in [1.165, 1.54) is 5.56 Å². The van der Waals surface area contributed by atoms with Gasteiger partial charge >= 0.3 is 6.03 Å². The van der Waals surface area contributed by atoms with Crippen LogP contribution in [0.2, 0.25) is 0 Å². The first-order valence-electron chi connectivity index (χ1n) is 8.50. The third-order valence-corrected chi connectivity index (χ3v) is 3.99. The van der Waals surface area contributed by atoms with Crippen LogP contribution < -0.4 is 10.6 Å². The molecule has 7 heteroatoms. The molecule has 0 atom stereocenters. The number of rotatable bonds is 5. The number of benzene rings is 1. The highest BCUT2D eigenvalue weighted by atomic mass is 16.2. The standard InChI is InChI=1S/C18H25N5O2/c1-14(2)20-18(25)21-17(24)13-23-9-7-22(8-10-23)12-16-5-3-15(11-19)4-6-16/h3-6,14H,7-10,12-13H2,1-2H3,(H2,20,21,24,25). The first-order chi connectivity index (χ1) is 12.0. The molecule has 0 saturated carbocycles. The lowest BCUT2D eigenvalue weighted by Gasteiger charge is -2.34. The van der Waals surface area contributed by atoms with Gasteiger partial charge in [0.15, 0.2) is 0 Å². The summed E-state index contributed by atoms with van der Waals surface area (Å²) in [5.74, 6) is -0.279. The molecule has 1 fully saturated rings. The predicted molar refractivity (Wildman–Crippen MR) is 94.7 cm³/mol. The van der Waals surface area contributed by atoms with Gasteiger partial charge in [0.2, 0.25) is 5.91 Å². The molecule has 25 heavy (non-hydrogen) atoms. The van der Waals surface area contributed by atoms with E-state index in [1.807, 2.05) is 43.0 Å². The molecule has 0 unspecified atom stereocenters. The second-order valence-corrected chi connectivity index (χ2v) is 6.54. The Morgan fingerprint density at radius 2 is 1.72 bits per heavy atom. The second kappa shape index (κ2) is 9.16. The van der Waals surface area contributed by atoms with Crippen molar-refractivity contribution in [3.05, 3.63) is 35.4 Å². The Kier molecular flexibility index (Phi) is 6.92. The molecular formula is C18H25N5O2. The number of imide groups is 1. The monoisotopic (exact) mass is 343 g/mol. The van der Waals surface area contributed by atoms with Gasteiger partial charge in [-0.25, -0.2) is 4.79 Å². The molecule has 2 rings (SSSR count). The Bertz CT molecular complexity index is 628. The predicted octanol–water partition coefficient (Wildman–Crippen LogP) is 0.910. The van der Waals surface area contributed by atoms with E-state index >= 15 is 0 Å². The SMILES string of the molecule is CC(C)NC(=O)NC(=O)CN1CCN(Cc2ccc(C#N)cc2)CC1. The van der Waals surface area contributed by atoms with E-state index in [-0.39, 0.29) is 18.5 Å². The van der Waals surface area contributed by atoms with Gasteiger partial charge in [0.25, 0.3) is 0 Å². The maximum Gasteiger partial charge on any atom is 0.321 e. The molecule has 7 nitrogen and oxygen atoms in total. The van der Waals surface area contributed by atoms with E-state index in [9.17, 15) is 9.59 Å². The van der Waals surface area contributed by atoms with E-state index in [4.69, 9.17) is 5.26 Å². The number of carbonyl (C=O) groups excluding carboxylic acids is 2. The average Bonchev–Trinajstić information content (AvgIpc) is 2.56. The number of nitrogens with one attached hydrogen (secondary N) is 2. The van der Waals surface area contributed by atoms with Gasteiger partial charge in [-0.1, -0.05) is 12.1 Å². The minimum Gasteiger partial charge on any atom is -0.336 e. The lowest BCUT2D eigenvalue weighted by Crippen LogP contribution is -2.51. The van der Waals surface area contributed by atoms with Crippen molar-refractivity contribution in [3.63, 3.8) is 0 Å². The summed E-state index contributed by atoms with van der Waals surface area (Å²) in [6.45, 7) is 8.06. The topological polar surface area (TPSA) is 88.5 Å². The molecule has 1 heterocycles. The number of hydrogen-bond acceptors (Lipinski definition) is 5. The van der Waals surface area contributed by atoms with Crippen LogP contribution in [-0.4, -0.2) is 60.5 Å². The maximum atomic E-state index is 11.9. The number of hydrogen-bond donors (Lipinski definition) is 2. The van der Waals surface area contributed by atoms with Crippen LogP contribution in [0.25, 0.3) is 0 Å². The van der Waals surface area contributed by atoms with E-state index < -0.39 is 6.03 Å². The summed E-state index contributed by atoms with van der Waals surface area (Å²) in [7, 11) is 0. The Hall–Kier alpha value is -2.43. The van der Waals surface area contributed by atoms with Crippen molar-refractivity contribution in [1.29, 1.82) is 5.26 Å². The fourth-order valence-corrected chi connectivity index (χ4v) is 2.72. The number of nitriles is 1. The van der Waals surface area contributed by atoms with Crippen molar-refractivity contribution in [2.75, 3.05) is 32.7 Å². The molecule has 0 spiro atoms. The van der Waals surface area contributed by atoms with Gasteiger partial charge in [-0.15, -0.1) is 0 Å². The van der Waals surface area contributed by atoms with E-state index in [0.717, 1.165) is 32.7 Å². The van der Waals surface area contributed by atoms with E-state index in [1.54, 1.807) is 0 Å². The number of amides is 3. The van der Waals surface area contributed by atoms with Gasteiger partial charge in [-0.3, -0.25) is 19.9 Å². The minimum absolute atomic E-state index is 0.00132. The zero-order chi connectivity index (χ0) is 18.2. The van der Waals surface area contributed by atoms with Crippen LogP contribution in [0.4, 0.5) is 4.79 Å². The normalized spacial score (nSPS) is 15.6. The molecule has 1 aliphatic heterocycles. The molecule has 0 aliphatic carbocycles. The number of carbonyl (C=O) groups is 2. The Morgan fingerprint density at radius 3 is 2.28 bits per heavy atom. The van der Waals surface area contributed by atoms with Crippen LogP contribution in [0.3, 0.4) is 0 Å². The van der Waals surface area contributed by atoms with Gasteiger partial charge in [0, 0.05) is 38.8 Å². The molecular weight excluding hydrogens is 318 g/mol. The smallest absolute Gasteiger partial charge is 0.321 e. The third kappa shape index (κ3) is 6.53. The number of urea groups is 1. The van der Waals surface area contributed by atoms with Gasteiger partial charge < -0.3 is 5.32 Å². The fraction of sp³-hybridized carbons (Fsp3) is 0.500. The first-order valence-corrected chi connectivity index (χ1v) is 8.50. The zero-order valence-corrected chi connectivity index (χ0v) is 14.8. The maximum absolute atomic E-state index is 11.9. The van der Waals surface area contributed by atoms with Crippen molar-refractivity contribution < 1.29 is 9.59 Å². The summed E-state index contributed by atoms with van der Waals surface area (Å²) in [6, 6.07) is 9.29.